The number of carbonyl (C=O) groups is 5. The third-order valence-electron chi connectivity index (χ3n) is 7.51. The van der Waals surface area contributed by atoms with Crippen molar-refractivity contribution in [3.8, 4) is 5.75 Å². The summed E-state index contributed by atoms with van der Waals surface area (Å²) < 4.78 is 5.23. The molecular formula is C32H45N5O6S. The van der Waals surface area contributed by atoms with Crippen LogP contribution < -0.4 is 26.0 Å². The van der Waals surface area contributed by atoms with Crippen LogP contribution in [0.5, 0.6) is 5.75 Å². The molecule has 2 heterocycles. The fourth-order valence-corrected chi connectivity index (χ4v) is 5.55. The molecule has 1 fully saturated rings. The first-order valence-corrected chi connectivity index (χ1v) is 15.9. The highest BCUT2D eigenvalue weighted by molar-refractivity contribution is 7.08. The Bertz CT molecular complexity index is 1280. The van der Waals surface area contributed by atoms with Crippen molar-refractivity contribution in [3.63, 3.8) is 0 Å². The van der Waals surface area contributed by atoms with Crippen molar-refractivity contribution < 1.29 is 28.7 Å². The van der Waals surface area contributed by atoms with E-state index in [4.69, 9.17) is 4.74 Å². The smallest absolute Gasteiger partial charge is 0.243 e. The van der Waals surface area contributed by atoms with Crippen molar-refractivity contribution in [2.75, 3.05) is 20.2 Å². The molecule has 0 spiro atoms. The minimum atomic E-state index is -1.02. The molecule has 0 aliphatic carbocycles. The largest absolute Gasteiger partial charge is 0.497 e. The highest BCUT2D eigenvalue weighted by Crippen LogP contribution is 2.15. The molecule has 12 heteroatoms. The summed E-state index contributed by atoms with van der Waals surface area (Å²) in [6.45, 7) is 9.06. The molecule has 1 aromatic heterocycles. The lowest BCUT2D eigenvalue weighted by molar-refractivity contribution is -0.137. The minimum Gasteiger partial charge on any atom is -0.497 e. The molecule has 0 saturated carbocycles. The van der Waals surface area contributed by atoms with Gasteiger partial charge in [0.2, 0.25) is 29.5 Å². The molecule has 11 nitrogen and oxygen atoms in total. The second-order valence-corrected chi connectivity index (χ2v) is 12.8. The lowest BCUT2D eigenvalue weighted by Crippen LogP contribution is -2.57. The molecule has 1 aliphatic heterocycles. The van der Waals surface area contributed by atoms with E-state index in [2.05, 4.69) is 21.3 Å². The van der Waals surface area contributed by atoms with Crippen LogP contribution in [0.25, 0.3) is 0 Å². The number of benzene rings is 1. The van der Waals surface area contributed by atoms with E-state index in [-0.39, 0.29) is 43.7 Å². The normalized spacial score (nSPS) is 22.4. The third kappa shape index (κ3) is 10.4. The van der Waals surface area contributed by atoms with E-state index in [0.717, 1.165) is 11.1 Å². The maximum Gasteiger partial charge on any atom is 0.243 e. The number of hydrogen-bond acceptors (Lipinski definition) is 7. The van der Waals surface area contributed by atoms with Gasteiger partial charge in [-0.1, -0.05) is 39.8 Å². The van der Waals surface area contributed by atoms with Gasteiger partial charge in [0.1, 0.15) is 23.9 Å². The van der Waals surface area contributed by atoms with Crippen molar-refractivity contribution in [1.82, 2.24) is 26.2 Å². The summed E-state index contributed by atoms with van der Waals surface area (Å²) in [5.74, 6) is -1.65. The highest BCUT2D eigenvalue weighted by atomic mass is 32.1. The number of ether oxygens (including phenoxy) is 1. The maximum absolute atomic E-state index is 13.6. The van der Waals surface area contributed by atoms with E-state index >= 15 is 0 Å². The molecular weight excluding hydrogens is 582 g/mol. The molecule has 5 amide bonds. The van der Waals surface area contributed by atoms with Gasteiger partial charge in [-0.15, -0.1) is 0 Å². The number of hydrogen-bond donors (Lipinski definition) is 4. The van der Waals surface area contributed by atoms with Gasteiger partial charge in [-0.25, -0.2) is 0 Å². The Balaban J connectivity index is 1.95. The van der Waals surface area contributed by atoms with Crippen LogP contribution in [-0.4, -0.2) is 78.8 Å². The number of nitrogens with zero attached hydrogens (tertiary/aromatic N) is 1. The second-order valence-electron chi connectivity index (χ2n) is 12.0. The molecule has 4 atom stereocenters. The summed E-state index contributed by atoms with van der Waals surface area (Å²) in [6.07, 6.45) is 0.574. The zero-order valence-electron chi connectivity index (χ0n) is 26.3. The van der Waals surface area contributed by atoms with E-state index in [0.29, 0.717) is 12.2 Å². The summed E-state index contributed by atoms with van der Waals surface area (Å²) in [4.78, 5) is 68.7. The van der Waals surface area contributed by atoms with E-state index < -0.39 is 47.8 Å². The average molecular weight is 628 g/mol. The van der Waals surface area contributed by atoms with Gasteiger partial charge in [0.05, 0.1) is 20.1 Å². The molecule has 0 radical (unpaired) electrons. The molecule has 0 unspecified atom stereocenters. The van der Waals surface area contributed by atoms with Crippen molar-refractivity contribution in [2.24, 2.45) is 11.8 Å². The minimum absolute atomic E-state index is 0.0467. The van der Waals surface area contributed by atoms with Gasteiger partial charge in [-0.2, -0.15) is 11.3 Å². The average Bonchev–Trinajstić information content (AvgIpc) is 3.48. The van der Waals surface area contributed by atoms with Crippen molar-refractivity contribution in [2.45, 2.75) is 78.0 Å². The van der Waals surface area contributed by atoms with Crippen LogP contribution in [0.1, 0.15) is 52.2 Å². The highest BCUT2D eigenvalue weighted by Gasteiger charge is 2.32. The number of carbonyl (C=O) groups excluding carboxylic acids is 5. The first kappa shape index (κ1) is 34.6. The van der Waals surface area contributed by atoms with E-state index in [1.54, 1.807) is 38.3 Å². The van der Waals surface area contributed by atoms with Gasteiger partial charge in [-0.3, -0.25) is 24.0 Å². The first-order valence-electron chi connectivity index (χ1n) is 15.0. The lowest BCUT2D eigenvalue weighted by Gasteiger charge is -2.31. The standard InChI is InChI=1S/C32H45N5O6S/c1-19(2)13-25-32(42)35-26(14-22-7-9-24(43-6)10-8-22)31(41)33-21(5)30(40)36-27(20(3)4)16-37(17-28(38)34-25)29(39)15-23-11-12-44-18-23/h7-12,18-21,25-27H,13-17H2,1-6H3,(H,33,41)(H,34,38)(H,35,42)(H,36,40)/t21-,25+,26+,27-/m1/s1. The molecule has 1 saturated heterocycles. The molecule has 1 aliphatic rings. The predicted molar refractivity (Wildman–Crippen MR) is 169 cm³/mol. The van der Waals surface area contributed by atoms with Crippen LogP contribution in [-0.2, 0) is 36.8 Å². The summed E-state index contributed by atoms with van der Waals surface area (Å²) in [5.41, 5.74) is 1.60. The van der Waals surface area contributed by atoms with Crippen LogP contribution in [0.2, 0.25) is 0 Å². The first-order chi connectivity index (χ1) is 20.9. The Labute approximate surface area is 263 Å². The Morgan fingerprint density at radius 3 is 2.18 bits per heavy atom. The molecule has 2 aromatic rings. The predicted octanol–water partition coefficient (Wildman–Crippen LogP) is 2.05. The SMILES string of the molecule is COc1ccc(C[C@@H]2NC(=O)[C@H](CC(C)C)NC(=O)CN(C(=O)Cc3ccsc3)C[C@H](C(C)C)NC(=O)[C@@H](C)NC2=O)cc1. The van der Waals surface area contributed by atoms with Crippen molar-refractivity contribution in [1.29, 1.82) is 0 Å². The van der Waals surface area contributed by atoms with Crippen LogP contribution in [0.15, 0.2) is 41.1 Å². The number of thiophene rings is 1. The third-order valence-corrected chi connectivity index (χ3v) is 8.25. The molecule has 4 N–H and O–H groups in total. The lowest BCUT2D eigenvalue weighted by atomic mass is 10.0. The van der Waals surface area contributed by atoms with Crippen molar-refractivity contribution in [3.05, 3.63) is 52.2 Å². The van der Waals surface area contributed by atoms with E-state index in [1.807, 2.05) is 44.5 Å². The molecule has 240 valence electrons. The Morgan fingerprint density at radius 1 is 0.909 bits per heavy atom. The number of rotatable bonds is 8. The summed E-state index contributed by atoms with van der Waals surface area (Å²) in [7, 11) is 1.56. The number of methoxy groups -OCH3 is 1. The van der Waals surface area contributed by atoms with Crippen LogP contribution in [0, 0.1) is 11.8 Å². The Morgan fingerprint density at radius 2 is 1.59 bits per heavy atom. The van der Waals surface area contributed by atoms with Gasteiger partial charge in [-0.05, 0) is 65.3 Å². The topological polar surface area (TPSA) is 146 Å². The second kappa shape index (κ2) is 16.2. The fraction of sp³-hybridized carbons (Fsp3) is 0.531. The van der Waals surface area contributed by atoms with Gasteiger partial charge in [0, 0.05) is 19.0 Å². The summed E-state index contributed by atoms with van der Waals surface area (Å²) in [5, 5.41) is 15.1. The van der Waals surface area contributed by atoms with Gasteiger partial charge in [0.15, 0.2) is 0 Å². The maximum atomic E-state index is 13.6. The zero-order chi connectivity index (χ0) is 32.4. The fourth-order valence-electron chi connectivity index (χ4n) is 4.88. The summed E-state index contributed by atoms with van der Waals surface area (Å²) >= 11 is 1.48. The van der Waals surface area contributed by atoms with Gasteiger partial charge in [0.25, 0.3) is 0 Å². The van der Waals surface area contributed by atoms with E-state index in [9.17, 15) is 24.0 Å². The summed E-state index contributed by atoms with van der Waals surface area (Å²) in [6, 6.07) is 5.59. The van der Waals surface area contributed by atoms with Crippen LogP contribution in [0.3, 0.4) is 0 Å². The molecule has 44 heavy (non-hydrogen) atoms. The Hall–Kier alpha value is -3.93. The van der Waals surface area contributed by atoms with Crippen LogP contribution in [0.4, 0.5) is 0 Å². The molecule has 3 rings (SSSR count). The molecule has 0 bridgehead atoms. The van der Waals surface area contributed by atoms with Gasteiger partial charge >= 0.3 is 0 Å². The molecule has 1 aromatic carbocycles. The Kier molecular flexibility index (Phi) is 12.7. The number of nitrogens with one attached hydrogen (secondary N) is 4. The van der Waals surface area contributed by atoms with Crippen molar-refractivity contribution >= 4 is 40.9 Å². The quantitative estimate of drug-likeness (QED) is 0.353. The number of amides is 5. The van der Waals surface area contributed by atoms with Gasteiger partial charge < -0.3 is 30.9 Å². The monoisotopic (exact) mass is 627 g/mol. The zero-order valence-corrected chi connectivity index (χ0v) is 27.2. The van der Waals surface area contributed by atoms with Crippen LogP contribution >= 0.6 is 11.3 Å². The van der Waals surface area contributed by atoms with E-state index in [1.165, 1.54) is 16.2 Å².